The van der Waals surface area contributed by atoms with E-state index in [2.05, 4.69) is 0 Å². The first-order valence-corrected chi connectivity index (χ1v) is 9.49. The van der Waals surface area contributed by atoms with Crippen LogP contribution in [0.3, 0.4) is 0 Å². The first-order valence-electron chi connectivity index (χ1n) is 7.66. The summed E-state index contributed by atoms with van der Waals surface area (Å²) < 4.78 is 28.6. The van der Waals surface area contributed by atoms with Gasteiger partial charge in [-0.2, -0.15) is 0 Å². The van der Waals surface area contributed by atoms with Crippen molar-refractivity contribution in [3.63, 3.8) is 0 Å². The van der Waals surface area contributed by atoms with Crippen LogP contribution in [0.25, 0.3) is 0 Å². The molecule has 1 aliphatic rings. The van der Waals surface area contributed by atoms with Crippen LogP contribution in [0, 0.1) is 0 Å². The molecule has 0 saturated carbocycles. The predicted molar refractivity (Wildman–Crippen MR) is 85.8 cm³/mol. The predicted octanol–water partition coefficient (Wildman–Crippen LogP) is 1.66. The number of rotatable bonds is 6. The maximum Gasteiger partial charge on any atom is 0.227 e. The van der Waals surface area contributed by atoms with Crippen LogP contribution in [-0.2, 0) is 21.1 Å². The third kappa shape index (κ3) is 4.22. The van der Waals surface area contributed by atoms with Crippen LogP contribution in [0.2, 0.25) is 0 Å². The Morgan fingerprint density at radius 1 is 1.27 bits per heavy atom. The molecule has 1 saturated heterocycles. The van der Waals surface area contributed by atoms with E-state index in [-0.39, 0.29) is 29.9 Å². The standard InChI is InChI=1S/C16H23NO4S/c1-3-17(14-9-10-22(19,20)12-14)16(18)11-13-5-7-15(8-6-13)21-4-2/h5-8,14H,3-4,9-12H2,1-2H3. The molecular weight excluding hydrogens is 302 g/mol. The van der Waals surface area contributed by atoms with E-state index in [4.69, 9.17) is 4.74 Å². The molecule has 0 radical (unpaired) electrons. The Hall–Kier alpha value is -1.56. The van der Waals surface area contributed by atoms with Gasteiger partial charge in [-0.25, -0.2) is 8.42 Å². The molecule has 1 fully saturated rings. The number of carbonyl (C=O) groups excluding carboxylic acids is 1. The molecule has 1 amide bonds. The van der Waals surface area contributed by atoms with Crippen LogP contribution in [0.15, 0.2) is 24.3 Å². The summed E-state index contributed by atoms with van der Waals surface area (Å²) in [4.78, 5) is 14.1. The van der Waals surface area contributed by atoms with Gasteiger partial charge in [0.1, 0.15) is 5.75 Å². The lowest BCUT2D eigenvalue weighted by atomic mass is 10.1. The molecule has 22 heavy (non-hydrogen) atoms. The number of sulfone groups is 1. The van der Waals surface area contributed by atoms with Crippen LogP contribution in [-0.4, -0.2) is 49.9 Å². The highest BCUT2D eigenvalue weighted by atomic mass is 32.2. The minimum absolute atomic E-state index is 0.0197. The van der Waals surface area contributed by atoms with Crippen molar-refractivity contribution >= 4 is 15.7 Å². The smallest absolute Gasteiger partial charge is 0.227 e. The van der Waals surface area contributed by atoms with E-state index in [9.17, 15) is 13.2 Å². The SMILES string of the molecule is CCOc1ccc(CC(=O)N(CC)C2CCS(=O)(=O)C2)cc1. The van der Waals surface area contributed by atoms with Crippen LogP contribution >= 0.6 is 0 Å². The minimum Gasteiger partial charge on any atom is -0.494 e. The highest BCUT2D eigenvalue weighted by molar-refractivity contribution is 7.91. The molecule has 1 atom stereocenters. The van der Waals surface area contributed by atoms with Crippen molar-refractivity contribution in [3.8, 4) is 5.75 Å². The Morgan fingerprint density at radius 3 is 2.45 bits per heavy atom. The Kier molecular flexibility index (Phi) is 5.45. The molecule has 0 aliphatic carbocycles. The second-order valence-electron chi connectivity index (χ2n) is 5.49. The van der Waals surface area contributed by atoms with Crippen LogP contribution in [0.5, 0.6) is 5.75 Å². The highest BCUT2D eigenvalue weighted by Gasteiger charge is 2.33. The number of likely N-dealkylation sites (N-methyl/N-ethyl adjacent to an activating group) is 1. The molecule has 1 aliphatic heterocycles. The van der Waals surface area contributed by atoms with Gasteiger partial charge in [0, 0.05) is 12.6 Å². The van der Waals surface area contributed by atoms with E-state index in [0.29, 0.717) is 19.6 Å². The van der Waals surface area contributed by atoms with Gasteiger partial charge in [-0.3, -0.25) is 4.79 Å². The summed E-state index contributed by atoms with van der Waals surface area (Å²) in [5.74, 6) is 1.04. The van der Waals surface area contributed by atoms with Crippen molar-refractivity contribution in [1.82, 2.24) is 4.90 Å². The van der Waals surface area contributed by atoms with Crippen LogP contribution in [0.4, 0.5) is 0 Å². The summed E-state index contributed by atoms with van der Waals surface area (Å²) in [6, 6.07) is 7.28. The number of amides is 1. The molecule has 1 aromatic rings. The monoisotopic (exact) mass is 325 g/mol. The van der Waals surface area contributed by atoms with Gasteiger partial charge in [-0.1, -0.05) is 12.1 Å². The number of carbonyl (C=O) groups is 1. The summed E-state index contributed by atoms with van der Waals surface area (Å²) in [6.45, 7) is 4.96. The Morgan fingerprint density at radius 2 is 1.95 bits per heavy atom. The molecule has 1 heterocycles. The van der Waals surface area contributed by atoms with Crippen molar-refractivity contribution in [2.45, 2.75) is 32.7 Å². The molecule has 5 nitrogen and oxygen atoms in total. The molecule has 6 heteroatoms. The highest BCUT2D eigenvalue weighted by Crippen LogP contribution is 2.19. The van der Waals surface area contributed by atoms with Gasteiger partial charge in [0.15, 0.2) is 9.84 Å². The van der Waals surface area contributed by atoms with E-state index in [0.717, 1.165) is 11.3 Å². The number of nitrogens with zero attached hydrogens (tertiary/aromatic N) is 1. The lowest BCUT2D eigenvalue weighted by Crippen LogP contribution is -2.41. The number of ether oxygens (including phenoxy) is 1. The zero-order valence-electron chi connectivity index (χ0n) is 13.1. The second kappa shape index (κ2) is 7.13. The number of benzene rings is 1. The summed E-state index contributed by atoms with van der Waals surface area (Å²) in [5, 5.41) is 0. The maximum atomic E-state index is 12.5. The average Bonchev–Trinajstić information content (AvgIpc) is 2.82. The van der Waals surface area contributed by atoms with Gasteiger partial charge in [0.05, 0.1) is 24.5 Å². The van der Waals surface area contributed by atoms with Gasteiger partial charge in [0.25, 0.3) is 0 Å². The molecule has 122 valence electrons. The van der Waals surface area contributed by atoms with Gasteiger partial charge in [-0.15, -0.1) is 0 Å². The summed E-state index contributed by atoms with van der Waals surface area (Å²) >= 11 is 0. The molecule has 0 bridgehead atoms. The normalized spacial score (nSPS) is 19.8. The fraction of sp³-hybridized carbons (Fsp3) is 0.562. The largest absolute Gasteiger partial charge is 0.494 e. The van der Waals surface area contributed by atoms with E-state index < -0.39 is 9.84 Å². The number of hydrogen-bond donors (Lipinski definition) is 0. The lowest BCUT2D eigenvalue weighted by molar-refractivity contribution is -0.132. The maximum absolute atomic E-state index is 12.5. The minimum atomic E-state index is -2.98. The van der Waals surface area contributed by atoms with Crippen molar-refractivity contribution in [2.24, 2.45) is 0 Å². The third-order valence-electron chi connectivity index (χ3n) is 3.90. The van der Waals surface area contributed by atoms with Crippen LogP contribution < -0.4 is 4.74 Å². The lowest BCUT2D eigenvalue weighted by Gasteiger charge is -2.27. The third-order valence-corrected chi connectivity index (χ3v) is 5.65. The Bertz CT molecular complexity index is 610. The fourth-order valence-corrected chi connectivity index (χ4v) is 4.54. The fourth-order valence-electron chi connectivity index (χ4n) is 2.81. The summed E-state index contributed by atoms with van der Waals surface area (Å²) in [5.41, 5.74) is 0.910. The Labute approximate surface area is 132 Å². The number of hydrogen-bond acceptors (Lipinski definition) is 4. The summed E-state index contributed by atoms with van der Waals surface area (Å²) in [7, 11) is -2.98. The second-order valence-corrected chi connectivity index (χ2v) is 7.72. The molecule has 0 N–H and O–H groups in total. The van der Waals surface area contributed by atoms with E-state index >= 15 is 0 Å². The molecule has 1 aromatic carbocycles. The quantitative estimate of drug-likeness (QED) is 0.798. The van der Waals surface area contributed by atoms with Crippen molar-refractivity contribution in [3.05, 3.63) is 29.8 Å². The van der Waals surface area contributed by atoms with Gasteiger partial charge < -0.3 is 9.64 Å². The van der Waals surface area contributed by atoms with Crippen molar-refractivity contribution in [1.29, 1.82) is 0 Å². The van der Waals surface area contributed by atoms with Gasteiger partial charge in [0.2, 0.25) is 5.91 Å². The topological polar surface area (TPSA) is 63.7 Å². The zero-order valence-corrected chi connectivity index (χ0v) is 13.9. The van der Waals surface area contributed by atoms with Gasteiger partial charge in [-0.05, 0) is 38.0 Å². The van der Waals surface area contributed by atoms with Gasteiger partial charge >= 0.3 is 0 Å². The first-order chi connectivity index (χ1) is 10.4. The average molecular weight is 325 g/mol. The molecule has 2 rings (SSSR count). The molecular formula is C16H23NO4S. The van der Waals surface area contributed by atoms with E-state index in [1.54, 1.807) is 4.90 Å². The molecule has 1 unspecified atom stereocenters. The van der Waals surface area contributed by atoms with E-state index in [1.165, 1.54) is 0 Å². The molecule has 0 aromatic heterocycles. The molecule has 0 spiro atoms. The van der Waals surface area contributed by atoms with Crippen molar-refractivity contribution in [2.75, 3.05) is 24.7 Å². The van der Waals surface area contributed by atoms with Crippen molar-refractivity contribution < 1.29 is 17.9 Å². The summed E-state index contributed by atoms with van der Waals surface area (Å²) in [6.07, 6.45) is 0.835. The zero-order chi connectivity index (χ0) is 16.2. The first kappa shape index (κ1) is 16.8. The Balaban J connectivity index is 2.00. The van der Waals surface area contributed by atoms with Crippen LogP contribution in [0.1, 0.15) is 25.8 Å². The van der Waals surface area contributed by atoms with E-state index in [1.807, 2.05) is 38.1 Å².